The Kier molecular flexibility index (Phi) is 8.16. The number of aryl methyl sites for hydroxylation is 1. The normalized spacial score (nSPS) is 16.9. The highest BCUT2D eigenvalue weighted by Gasteiger charge is 2.25. The molecule has 0 radical (unpaired) electrons. The van der Waals surface area contributed by atoms with Gasteiger partial charge in [0.05, 0.1) is 0 Å². The van der Waals surface area contributed by atoms with Crippen LogP contribution in [-0.2, 0) is 0 Å². The third kappa shape index (κ3) is 4.70. The van der Waals surface area contributed by atoms with Crippen LogP contribution in [0.25, 0.3) is 10.6 Å². The average molecular weight is 388 g/mol. The number of nitrogens with zero attached hydrogens (tertiary/aromatic N) is 2. The largest absolute Gasteiger partial charge is 0.336 e. The van der Waals surface area contributed by atoms with E-state index < -0.39 is 0 Å². The molecule has 3 rings (SSSR count). The van der Waals surface area contributed by atoms with E-state index in [2.05, 4.69) is 41.5 Å². The molecule has 1 saturated heterocycles. The molecule has 1 aliphatic rings. The fraction of sp³-hybridized carbons (Fsp3) is 0.412. The second kappa shape index (κ2) is 9.37. The molecule has 1 aromatic carbocycles. The number of carbonyl (C=O) groups excluding carboxylic acids is 1. The number of likely N-dealkylation sites (N-methyl/N-ethyl adjacent to an activating group) is 1. The van der Waals surface area contributed by atoms with Crippen LogP contribution in [0.1, 0.15) is 28.9 Å². The highest BCUT2D eigenvalue weighted by Crippen LogP contribution is 2.25. The van der Waals surface area contributed by atoms with Gasteiger partial charge in [0.1, 0.15) is 10.7 Å². The third-order valence-corrected chi connectivity index (χ3v) is 5.03. The maximum absolute atomic E-state index is 12.6. The minimum absolute atomic E-state index is 0. The molecule has 7 heteroatoms. The molecule has 1 aromatic heterocycles. The number of benzene rings is 1. The summed E-state index contributed by atoms with van der Waals surface area (Å²) in [5.74, 6) is 0.0505. The topological polar surface area (TPSA) is 45.2 Å². The molecule has 24 heavy (non-hydrogen) atoms. The molecule has 1 atom stereocenters. The molecular weight excluding hydrogens is 365 g/mol. The summed E-state index contributed by atoms with van der Waals surface area (Å²) in [7, 11) is 1.96. The number of hydrogen-bond donors (Lipinski definition) is 1. The summed E-state index contributed by atoms with van der Waals surface area (Å²) in [6.07, 6.45) is 2.18. The summed E-state index contributed by atoms with van der Waals surface area (Å²) in [5.41, 5.74) is 2.86. The Hall–Kier alpha value is -1.14. The number of hydrogen-bond acceptors (Lipinski definition) is 4. The zero-order valence-corrected chi connectivity index (χ0v) is 16.3. The lowest BCUT2D eigenvalue weighted by atomic mass is 10.1. The Labute approximate surface area is 159 Å². The van der Waals surface area contributed by atoms with E-state index in [1.165, 1.54) is 16.9 Å². The van der Waals surface area contributed by atoms with Crippen molar-refractivity contribution < 1.29 is 4.79 Å². The first-order valence-corrected chi connectivity index (χ1v) is 8.54. The van der Waals surface area contributed by atoms with Gasteiger partial charge in [-0.05, 0) is 26.8 Å². The highest BCUT2D eigenvalue weighted by molar-refractivity contribution is 7.13. The Morgan fingerprint density at radius 2 is 2.00 bits per heavy atom. The van der Waals surface area contributed by atoms with Gasteiger partial charge in [-0.25, -0.2) is 4.98 Å². The Morgan fingerprint density at radius 1 is 1.29 bits per heavy atom. The quantitative estimate of drug-likeness (QED) is 0.870. The SMILES string of the molecule is CNC1CCCN(C(=O)c2csc(-c3ccc(C)cc3)n2)C1.Cl.Cl. The number of rotatable bonds is 3. The van der Waals surface area contributed by atoms with Crippen molar-refractivity contribution in [1.29, 1.82) is 0 Å². The van der Waals surface area contributed by atoms with Gasteiger partial charge in [-0.2, -0.15) is 0 Å². The molecule has 1 N–H and O–H groups in total. The molecule has 0 aliphatic carbocycles. The van der Waals surface area contributed by atoms with Crippen LogP contribution in [0.15, 0.2) is 29.6 Å². The van der Waals surface area contributed by atoms with Gasteiger partial charge in [0, 0.05) is 30.1 Å². The molecule has 0 spiro atoms. The number of aromatic nitrogens is 1. The monoisotopic (exact) mass is 387 g/mol. The van der Waals surface area contributed by atoms with Gasteiger partial charge in [-0.15, -0.1) is 36.2 Å². The molecule has 2 heterocycles. The third-order valence-electron chi connectivity index (χ3n) is 4.14. The highest BCUT2D eigenvalue weighted by atomic mass is 35.5. The summed E-state index contributed by atoms with van der Waals surface area (Å²) in [6.45, 7) is 3.66. The fourth-order valence-corrected chi connectivity index (χ4v) is 3.56. The van der Waals surface area contributed by atoms with Gasteiger partial charge in [-0.1, -0.05) is 29.8 Å². The van der Waals surface area contributed by atoms with Gasteiger partial charge in [-0.3, -0.25) is 4.79 Å². The number of halogens is 2. The summed E-state index contributed by atoms with van der Waals surface area (Å²) >= 11 is 1.53. The van der Waals surface area contributed by atoms with E-state index in [1.807, 2.05) is 17.3 Å². The predicted octanol–water partition coefficient (Wildman–Crippen LogP) is 3.79. The Bertz CT molecular complexity index is 660. The summed E-state index contributed by atoms with van der Waals surface area (Å²) < 4.78 is 0. The van der Waals surface area contributed by atoms with Crippen molar-refractivity contribution in [2.45, 2.75) is 25.8 Å². The molecular formula is C17H23Cl2N3OS. The maximum Gasteiger partial charge on any atom is 0.273 e. The Balaban J connectivity index is 0.00000144. The molecule has 1 amide bonds. The molecule has 0 bridgehead atoms. The van der Waals surface area contributed by atoms with E-state index in [1.54, 1.807) is 0 Å². The first-order chi connectivity index (χ1) is 10.7. The van der Waals surface area contributed by atoms with Gasteiger partial charge in [0.25, 0.3) is 5.91 Å². The van der Waals surface area contributed by atoms with Crippen molar-refractivity contribution in [3.8, 4) is 10.6 Å². The average Bonchev–Trinajstić information content (AvgIpc) is 3.05. The molecule has 1 aliphatic heterocycles. The van der Waals surface area contributed by atoms with E-state index in [0.29, 0.717) is 11.7 Å². The van der Waals surface area contributed by atoms with Gasteiger partial charge in [0.15, 0.2) is 0 Å². The number of likely N-dealkylation sites (tertiary alicyclic amines) is 1. The summed E-state index contributed by atoms with van der Waals surface area (Å²) in [4.78, 5) is 19.1. The number of amides is 1. The summed E-state index contributed by atoms with van der Waals surface area (Å²) in [6, 6.07) is 8.65. The number of piperidine rings is 1. The number of carbonyl (C=O) groups is 1. The minimum atomic E-state index is 0. The van der Waals surface area contributed by atoms with Crippen LogP contribution in [0.3, 0.4) is 0 Å². The molecule has 1 fully saturated rings. The van der Waals surface area contributed by atoms with Crippen molar-refractivity contribution in [3.63, 3.8) is 0 Å². The second-order valence-electron chi connectivity index (χ2n) is 5.78. The van der Waals surface area contributed by atoms with E-state index in [9.17, 15) is 4.79 Å². The minimum Gasteiger partial charge on any atom is -0.336 e. The zero-order chi connectivity index (χ0) is 15.5. The molecule has 2 aromatic rings. The van der Waals surface area contributed by atoms with Crippen molar-refractivity contribution in [2.24, 2.45) is 0 Å². The molecule has 132 valence electrons. The van der Waals surface area contributed by atoms with Gasteiger partial charge >= 0.3 is 0 Å². The molecule has 1 unspecified atom stereocenters. The Morgan fingerprint density at radius 3 is 2.67 bits per heavy atom. The van der Waals surface area contributed by atoms with Crippen molar-refractivity contribution in [1.82, 2.24) is 15.2 Å². The zero-order valence-electron chi connectivity index (χ0n) is 13.8. The van der Waals surface area contributed by atoms with Gasteiger partial charge in [0.2, 0.25) is 0 Å². The van der Waals surface area contributed by atoms with E-state index >= 15 is 0 Å². The van der Waals surface area contributed by atoms with Gasteiger partial charge < -0.3 is 10.2 Å². The van der Waals surface area contributed by atoms with Crippen LogP contribution in [0, 0.1) is 6.92 Å². The lowest BCUT2D eigenvalue weighted by Crippen LogP contribution is -2.47. The molecule has 4 nitrogen and oxygen atoms in total. The first-order valence-electron chi connectivity index (χ1n) is 7.66. The van der Waals surface area contributed by atoms with Crippen LogP contribution in [0.2, 0.25) is 0 Å². The number of nitrogens with one attached hydrogen (secondary N) is 1. The van der Waals surface area contributed by atoms with E-state index in [0.717, 1.165) is 36.5 Å². The molecule has 0 saturated carbocycles. The van der Waals surface area contributed by atoms with Crippen molar-refractivity contribution >= 4 is 42.1 Å². The van der Waals surface area contributed by atoms with Crippen molar-refractivity contribution in [2.75, 3.05) is 20.1 Å². The predicted molar refractivity (Wildman–Crippen MR) is 105 cm³/mol. The van der Waals surface area contributed by atoms with E-state index in [4.69, 9.17) is 0 Å². The number of thiazole rings is 1. The second-order valence-corrected chi connectivity index (χ2v) is 6.64. The maximum atomic E-state index is 12.6. The fourth-order valence-electron chi connectivity index (χ4n) is 2.76. The standard InChI is InChI=1S/C17H21N3OS.2ClH/c1-12-5-7-13(8-6-12)16-19-15(11-22-16)17(21)20-9-3-4-14(10-20)18-2;;/h5-8,11,14,18H,3-4,9-10H2,1-2H3;2*1H. The summed E-state index contributed by atoms with van der Waals surface area (Å²) in [5, 5.41) is 6.05. The lowest BCUT2D eigenvalue weighted by molar-refractivity contribution is 0.0693. The van der Waals surface area contributed by atoms with Crippen LogP contribution >= 0.6 is 36.2 Å². The van der Waals surface area contributed by atoms with Crippen molar-refractivity contribution in [3.05, 3.63) is 40.9 Å². The lowest BCUT2D eigenvalue weighted by Gasteiger charge is -2.32. The van der Waals surface area contributed by atoms with E-state index in [-0.39, 0.29) is 30.7 Å². The smallest absolute Gasteiger partial charge is 0.273 e. The van der Waals surface area contributed by atoms with Crippen LogP contribution in [0.5, 0.6) is 0 Å². The van der Waals surface area contributed by atoms with Crippen LogP contribution in [0.4, 0.5) is 0 Å². The van der Waals surface area contributed by atoms with Crippen LogP contribution in [-0.4, -0.2) is 42.0 Å². The first kappa shape index (κ1) is 20.9. The van der Waals surface area contributed by atoms with Crippen LogP contribution < -0.4 is 5.32 Å².